The maximum Gasteiger partial charge on any atom is 0.241 e. The second kappa shape index (κ2) is 11.2. The van der Waals surface area contributed by atoms with E-state index in [-0.39, 0.29) is 17.4 Å². The van der Waals surface area contributed by atoms with Gasteiger partial charge < -0.3 is 27.0 Å². The molecular formula is C24H31N3O3. The Kier molecular flexibility index (Phi) is 8.65. The van der Waals surface area contributed by atoms with E-state index in [1.807, 2.05) is 38.1 Å². The van der Waals surface area contributed by atoms with Crippen LogP contribution in [0.5, 0.6) is 11.5 Å². The molecule has 0 fully saturated rings. The largest absolute Gasteiger partial charge is 0.507 e. The highest BCUT2D eigenvalue weighted by atomic mass is 16.3. The third kappa shape index (κ3) is 5.95. The monoisotopic (exact) mass is 409 g/mol. The molecule has 7 N–H and O–H groups in total. The molecule has 0 aromatic heterocycles. The summed E-state index contributed by atoms with van der Waals surface area (Å²) < 4.78 is 0. The van der Waals surface area contributed by atoms with Crippen LogP contribution >= 0.6 is 0 Å². The van der Waals surface area contributed by atoms with Crippen LogP contribution in [-0.4, -0.2) is 28.7 Å². The molecule has 1 atom stereocenters. The highest BCUT2D eigenvalue weighted by molar-refractivity contribution is 5.98. The Morgan fingerprint density at radius 3 is 2.50 bits per heavy atom. The topological polar surface area (TPSA) is 122 Å². The van der Waals surface area contributed by atoms with Crippen molar-refractivity contribution in [1.29, 1.82) is 0 Å². The number of carbonyl (C=O) groups is 1. The number of nitrogens with one attached hydrogen (secondary N) is 1. The third-order valence-electron chi connectivity index (χ3n) is 4.74. The zero-order valence-corrected chi connectivity index (χ0v) is 17.6. The van der Waals surface area contributed by atoms with Crippen LogP contribution in [0.25, 0.3) is 23.3 Å². The van der Waals surface area contributed by atoms with Crippen molar-refractivity contribution in [2.45, 2.75) is 39.2 Å². The zero-order chi connectivity index (χ0) is 22.1. The first kappa shape index (κ1) is 23.2. The third-order valence-corrected chi connectivity index (χ3v) is 4.74. The van der Waals surface area contributed by atoms with Gasteiger partial charge in [0.15, 0.2) is 0 Å². The summed E-state index contributed by atoms with van der Waals surface area (Å²) in [5.41, 5.74) is 14.5. The summed E-state index contributed by atoms with van der Waals surface area (Å²) in [5, 5.41) is 23.7. The van der Waals surface area contributed by atoms with Gasteiger partial charge in [0, 0.05) is 11.1 Å². The van der Waals surface area contributed by atoms with Gasteiger partial charge in [-0.25, -0.2) is 0 Å². The van der Waals surface area contributed by atoms with Gasteiger partial charge in [0.1, 0.15) is 11.5 Å². The number of amides is 1. The average molecular weight is 410 g/mol. The lowest BCUT2D eigenvalue weighted by atomic mass is 9.97. The maximum atomic E-state index is 12.5. The molecule has 0 saturated carbocycles. The smallest absolute Gasteiger partial charge is 0.241 e. The molecule has 160 valence electrons. The first-order valence-electron chi connectivity index (χ1n) is 10.1. The summed E-state index contributed by atoms with van der Waals surface area (Å²) >= 11 is 0. The molecule has 0 heterocycles. The lowest BCUT2D eigenvalue weighted by Crippen LogP contribution is -2.35. The molecule has 0 bridgehead atoms. The van der Waals surface area contributed by atoms with E-state index in [0.29, 0.717) is 35.3 Å². The fourth-order valence-electron chi connectivity index (χ4n) is 3.16. The quantitative estimate of drug-likeness (QED) is 0.313. The standard InChI is InChI=1S/C24H31N3O3/c1-3-7-16-13-19(17-10-11-22(28)18(15-17)8-4-2)23(29)21(14-16)27-24(30)20(26)9-5-6-12-25/h3-4,7-8,10-11,13-15,20,28-29H,5-6,9,12,25-26H2,1-2H3,(H,27,30). The van der Waals surface area contributed by atoms with E-state index in [4.69, 9.17) is 11.5 Å². The van der Waals surface area contributed by atoms with Crippen LogP contribution in [0.3, 0.4) is 0 Å². The van der Waals surface area contributed by atoms with Crippen LogP contribution < -0.4 is 16.8 Å². The number of phenolic OH excluding ortho intramolecular Hbond substituents is 2. The number of anilines is 1. The number of aromatic hydroxyl groups is 2. The molecule has 0 saturated heterocycles. The fraction of sp³-hybridized carbons (Fsp3) is 0.292. The summed E-state index contributed by atoms with van der Waals surface area (Å²) in [6.07, 6.45) is 9.47. The van der Waals surface area contributed by atoms with Crippen molar-refractivity contribution in [2.75, 3.05) is 11.9 Å². The van der Waals surface area contributed by atoms with Crippen LogP contribution in [0, 0.1) is 0 Å². The second-order valence-electron chi connectivity index (χ2n) is 7.12. The number of rotatable bonds is 9. The molecule has 2 aromatic rings. The molecule has 30 heavy (non-hydrogen) atoms. The lowest BCUT2D eigenvalue weighted by molar-refractivity contribution is -0.117. The predicted octanol–water partition coefficient (Wildman–Crippen LogP) is 4.23. The second-order valence-corrected chi connectivity index (χ2v) is 7.12. The van der Waals surface area contributed by atoms with E-state index >= 15 is 0 Å². The van der Waals surface area contributed by atoms with Crippen molar-refractivity contribution in [3.8, 4) is 22.6 Å². The number of allylic oxidation sites excluding steroid dienone is 2. The van der Waals surface area contributed by atoms with Crippen LogP contribution in [0.4, 0.5) is 5.69 Å². The van der Waals surface area contributed by atoms with E-state index in [9.17, 15) is 15.0 Å². The van der Waals surface area contributed by atoms with Crippen LogP contribution in [0.15, 0.2) is 42.5 Å². The number of benzene rings is 2. The van der Waals surface area contributed by atoms with Gasteiger partial charge in [-0.2, -0.15) is 0 Å². The Bertz CT molecular complexity index is 936. The highest BCUT2D eigenvalue weighted by Gasteiger charge is 2.18. The van der Waals surface area contributed by atoms with Gasteiger partial charge in [-0.05, 0) is 68.6 Å². The predicted molar refractivity (Wildman–Crippen MR) is 124 cm³/mol. The zero-order valence-electron chi connectivity index (χ0n) is 17.6. The van der Waals surface area contributed by atoms with Crippen molar-refractivity contribution in [3.63, 3.8) is 0 Å². The van der Waals surface area contributed by atoms with E-state index < -0.39 is 6.04 Å². The van der Waals surface area contributed by atoms with Gasteiger partial charge in [0.25, 0.3) is 0 Å². The van der Waals surface area contributed by atoms with Gasteiger partial charge >= 0.3 is 0 Å². The summed E-state index contributed by atoms with van der Waals surface area (Å²) in [5.74, 6) is -0.257. The van der Waals surface area contributed by atoms with Crippen molar-refractivity contribution in [2.24, 2.45) is 11.5 Å². The van der Waals surface area contributed by atoms with E-state index in [0.717, 1.165) is 18.4 Å². The van der Waals surface area contributed by atoms with Crippen molar-refractivity contribution in [3.05, 3.63) is 53.6 Å². The molecule has 0 spiro atoms. The Hall–Kier alpha value is -3.09. The number of hydrogen-bond acceptors (Lipinski definition) is 5. The minimum absolute atomic E-state index is 0.0529. The summed E-state index contributed by atoms with van der Waals surface area (Å²) in [6, 6.07) is 7.95. The molecule has 6 nitrogen and oxygen atoms in total. The average Bonchev–Trinajstić information content (AvgIpc) is 2.72. The molecule has 6 heteroatoms. The maximum absolute atomic E-state index is 12.5. The summed E-state index contributed by atoms with van der Waals surface area (Å²) in [7, 11) is 0. The summed E-state index contributed by atoms with van der Waals surface area (Å²) in [4.78, 5) is 12.5. The molecule has 0 aliphatic heterocycles. The number of nitrogens with two attached hydrogens (primary N) is 2. The van der Waals surface area contributed by atoms with Crippen molar-refractivity contribution >= 4 is 23.7 Å². The van der Waals surface area contributed by atoms with Crippen LogP contribution in [0.1, 0.15) is 44.2 Å². The Labute approximate surface area is 177 Å². The first-order chi connectivity index (χ1) is 14.4. The van der Waals surface area contributed by atoms with Gasteiger partial charge in [0.05, 0.1) is 11.7 Å². The Morgan fingerprint density at radius 2 is 1.83 bits per heavy atom. The molecule has 2 aromatic carbocycles. The van der Waals surface area contributed by atoms with E-state index in [2.05, 4.69) is 5.32 Å². The minimum Gasteiger partial charge on any atom is -0.507 e. The molecule has 1 amide bonds. The molecule has 2 rings (SSSR count). The number of phenols is 2. The van der Waals surface area contributed by atoms with Gasteiger partial charge in [-0.15, -0.1) is 0 Å². The Morgan fingerprint density at radius 1 is 1.10 bits per heavy atom. The van der Waals surface area contributed by atoms with Gasteiger partial charge in [-0.1, -0.05) is 36.8 Å². The number of unbranched alkanes of at least 4 members (excludes halogenated alkanes) is 1. The van der Waals surface area contributed by atoms with Crippen LogP contribution in [-0.2, 0) is 4.79 Å². The lowest BCUT2D eigenvalue weighted by Gasteiger charge is -2.16. The van der Waals surface area contributed by atoms with Crippen LogP contribution in [0.2, 0.25) is 0 Å². The van der Waals surface area contributed by atoms with Crippen molar-refractivity contribution < 1.29 is 15.0 Å². The van der Waals surface area contributed by atoms with E-state index in [1.165, 1.54) is 0 Å². The molecule has 0 aliphatic rings. The highest BCUT2D eigenvalue weighted by Crippen LogP contribution is 2.39. The molecule has 0 radical (unpaired) electrons. The first-order valence-corrected chi connectivity index (χ1v) is 10.1. The molecule has 0 aliphatic carbocycles. The molecular weight excluding hydrogens is 378 g/mol. The van der Waals surface area contributed by atoms with Crippen molar-refractivity contribution in [1.82, 2.24) is 0 Å². The molecule has 1 unspecified atom stereocenters. The normalized spacial score (nSPS) is 12.5. The number of hydrogen-bond donors (Lipinski definition) is 5. The van der Waals surface area contributed by atoms with E-state index in [1.54, 1.807) is 30.3 Å². The SMILES string of the molecule is CC=Cc1cc(NC(=O)C(N)CCCCN)c(O)c(-c2ccc(O)c(C=CC)c2)c1. The van der Waals surface area contributed by atoms with Gasteiger partial charge in [-0.3, -0.25) is 4.79 Å². The van der Waals surface area contributed by atoms with Gasteiger partial charge in [0.2, 0.25) is 5.91 Å². The Balaban J connectivity index is 2.42. The number of carbonyl (C=O) groups excluding carboxylic acids is 1. The fourth-order valence-corrected chi connectivity index (χ4v) is 3.16. The minimum atomic E-state index is -0.681. The summed E-state index contributed by atoms with van der Waals surface area (Å²) in [6.45, 7) is 4.31.